The monoisotopic (exact) mass is 420 g/mol. The van der Waals surface area contributed by atoms with Gasteiger partial charge in [-0.3, -0.25) is 9.09 Å². The SMILES string of the molecule is CP(=O)(O)OP(=O)(O)OCCS(=O)(=O)c1cccc(-c2ccccc2)c1. The Labute approximate surface area is 151 Å². The van der Waals surface area contributed by atoms with E-state index in [1.807, 2.05) is 30.3 Å². The van der Waals surface area contributed by atoms with Gasteiger partial charge in [-0.15, -0.1) is 0 Å². The van der Waals surface area contributed by atoms with Gasteiger partial charge in [-0.2, -0.15) is 0 Å². The molecule has 0 spiro atoms. The molecule has 2 atom stereocenters. The zero-order valence-corrected chi connectivity index (χ0v) is 16.4. The molecule has 0 bridgehead atoms. The van der Waals surface area contributed by atoms with Gasteiger partial charge in [0.2, 0.25) is 0 Å². The van der Waals surface area contributed by atoms with Crippen molar-refractivity contribution in [2.75, 3.05) is 19.0 Å². The van der Waals surface area contributed by atoms with E-state index in [1.165, 1.54) is 12.1 Å². The van der Waals surface area contributed by atoms with Crippen molar-refractivity contribution >= 4 is 25.3 Å². The van der Waals surface area contributed by atoms with Crippen LogP contribution in [-0.2, 0) is 27.8 Å². The molecule has 0 aliphatic heterocycles. The minimum absolute atomic E-state index is 0.0273. The molecule has 0 aliphatic carbocycles. The second-order valence-electron chi connectivity index (χ2n) is 5.40. The van der Waals surface area contributed by atoms with Crippen LogP contribution in [0.3, 0.4) is 0 Å². The molecule has 8 nitrogen and oxygen atoms in total. The molecule has 2 aromatic rings. The lowest BCUT2D eigenvalue weighted by molar-refractivity contribution is 0.206. The summed E-state index contributed by atoms with van der Waals surface area (Å²) in [5.74, 6) is -0.599. The Hall–Kier alpha value is -1.31. The highest BCUT2D eigenvalue weighted by atomic mass is 32.2. The van der Waals surface area contributed by atoms with Gasteiger partial charge in [0.1, 0.15) is 0 Å². The average molecular weight is 420 g/mol. The Kier molecular flexibility index (Phi) is 6.58. The van der Waals surface area contributed by atoms with E-state index < -0.39 is 37.6 Å². The van der Waals surface area contributed by atoms with Crippen molar-refractivity contribution in [3.05, 3.63) is 54.6 Å². The standard InChI is InChI=1S/C15H18O8P2S/c1-24(16,17)23-25(18,19)22-10-11-26(20,21)15-9-5-8-14(12-15)13-6-3-2-4-7-13/h2-9,12H,10-11H2,1H3,(H,16,17)(H,18,19). The van der Waals surface area contributed by atoms with Crippen LogP contribution >= 0.6 is 15.4 Å². The van der Waals surface area contributed by atoms with Crippen LogP contribution in [0.15, 0.2) is 59.5 Å². The molecule has 0 saturated heterocycles. The van der Waals surface area contributed by atoms with E-state index in [2.05, 4.69) is 8.83 Å². The van der Waals surface area contributed by atoms with Gasteiger partial charge >= 0.3 is 15.4 Å². The van der Waals surface area contributed by atoms with E-state index >= 15 is 0 Å². The lowest BCUT2D eigenvalue weighted by Crippen LogP contribution is -2.12. The molecule has 0 heterocycles. The van der Waals surface area contributed by atoms with Gasteiger partial charge in [-0.25, -0.2) is 17.3 Å². The van der Waals surface area contributed by atoms with Crippen molar-refractivity contribution in [3.8, 4) is 11.1 Å². The maximum Gasteiger partial charge on any atom is 0.479 e. The maximum absolute atomic E-state index is 12.4. The van der Waals surface area contributed by atoms with Crippen LogP contribution < -0.4 is 0 Å². The Morgan fingerprint density at radius 1 is 0.962 bits per heavy atom. The summed E-state index contributed by atoms with van der Waals surface area (Å²) in [5, 5.41) is 0. The van der Waals surface area contributed by atoms with Crippen LogP contribution in [0.2, 0.25) is 0 Å². The summed E-state index contributed by atoms with van der Waals surface area (Å²) < 4.78 is 55.7. The number of rotatable bonds is 8. The predicted octanol–water partition coefficient (Wildman–Crippen LogP) is 3.08. The van der Waals surface area contributed by atoms with Gasteiger partial charge in [0.25, 0.3) is 0 Å². The summed E-state index contributed by atoms with van der Waals surface area (Å²) in [6, 6.07) is 15.4. The third kappa shape index (κ3) is 6.45. The van der Waals surface area contributed by atoms with Gasteiger partial charge in [0.05, 0.1) is 17.3 Å². The van der Waals surface area contributed by atoms with Crippen LogP contribution in [0.1, 0.15) is 0 Å². The molecule has 142 valence electrons. The third-order valence-corrected chi connectivity index (χ3v) is 7.38. The zero-order valence-electron chi connectivity index (χ0n) is 13.8. The third-order valence-electron chi connectivity index (χ3n) is 3.16. The van der Waals surface area contributed by atoms with Crippen LogP contribution in [0.25, 0.3) is 11.1 Å². The van der Waals surface area contributed by atoms with E-state index in [1.54, 1.807) is 12.1 Å². The number of hydrogen-bond acceptors (Lipinski definition) is 6. The first-order valence-electron chi connectivity index (χ1n) is 7.36. The van der Waals surface area contributed by atoms with Crippen LogP contribution in [0.5, 0.6) is 0 Å². The van der Waals surface area contributed by atoms with Crippen molar-refractivity contribution < 1.29 is 36.2 Å². The molecular weight excluding hydrogens is 402 g/mol. The van der Waals surface area contributed by atoms with Gasteiger partial charge in [-0.05, 0) is 23.3 Å². The highest BCUT2D eigenvalue weighted by Crippen LogP contribution is 2.57. The molecule has 0 fully saturated rings. The summed E-state index contributed by atoms with van der Waals surface area (Å²) in [5.41, 5.74) is 1.55. The Morgan fingerprint density at radius 3 is 2.19 bits per heavy atom. The molecule has 2 aromatic carbocycles. The molecule has 26 heavy (non-hydrogen) atoms. The van der Waals surface area contributed by atoms with Crippen molar-refractivity contribution in [3.63, 3.8) is 0 Å². The van der Waals surface area contributed by atoms with Crippen molar-refractivity contribution in [1.29, 1.82) is 0 Å². The summed E-state index contributed by atoms with van der Waals surface area (Å²) >= 11 is 0. The fourth-order valence-corrected chi connectivity index (χ4v) is 5.39. The predicted molar refractivity (Wildman–Crippen MR) is 96.5 cm³/mol. The lowest BCUT2D eigenvalue weighted by atomic mass is 10.1. The van der Waals surface area contributed by atoms with Crippen molar-refractivity contribution in [2.24, 2.45) is 0 Å². The highest BCUT2D eigenvalue weighted by molar-refractivity contribution is 7.91. The van der Waals surface area contributed by atoms with Gasteiger partial charge < -0.3 is 9.79 Å². The summed E-state index contributed by atoms with van der Waals surface area (Å²) in [4.78, 5) is 18.3. The Morgan fingerprint density at radius 2 is 1.58 bits per heavy atom. The number of benzene rings is 2. The van der Waals surface area contributed by atoms with Crippen molar-refractivity contribution in [2.45, 2.75) is 4.90 Å². The fourth-order valence-electron chi connectivity index (χ4n) is 2.09. The lowest BCUT2D eigenvalue weighted by Gasteiger charge is -2.13. The van der Waals surface area contributed by atoms with E-state index in [4.69, 9.17) is 4.89 Å². The first-order chi connectivity index (χ1) is 12.0. The first kappa shape index (κ1) is 21.0. The molecule has 0 aliphatic rings. The second kappa shape index (κ2) is 8.15. The molecule has 2 unspecified atom stereocenters. The number of hydrogen-bond donors (Lipinski definition) is 2. The van der Waals surface area contributed by atoms with Gasteiger partial charge in [-0.1, -0.05) is 42.5 Å². The minimum atomic E-state index is -4.83. The van der Waals surface area contributed by atoms with Gasteiger partial charge in [0.15, 0.2) is 9.84 Å². The number of phosphoric ester groups is 1. The number of sulfone groups is 1. The molecule has 2 N–H and O–H groups in total. The number of phosphoric acid groups is 1. The minimum Gasteiger partial charge on any atom is -0.324 e. The molecule has 0 aromatic heterocycles. The van der Waals surface area contributed by atoms with Gasteiger partial charge in [0, 0.05) is 6.66 Å². The highest BCUT2D eigenvalue weighted by Gasteiger charge is 2.30. The Bertz CT molecular complexity index is 953. The molecule has 0 saturated carbocycles. The largest absolute Gasteiger partial charge is 0.479 e. The van der Waals surface area contributed by atoms with Crippen LogP contribution in [-0.4, -0.2) is 37.2 Å². The molecular formula is C15H18O8P2S. The normalized spacial score (nSPS) is 16.6. The quantitative estimate of drug-likeness (QED) is 0.624. The summed E-state index contributed by atoms with van der Waals surface area (Å²) in [6.07, 6.45) is 0. The van der Waals surface area contributed by atoms with E-state index in [0.29, 0.717) is 12.2 Å². The van der Waals surface area contributed by atoms with E-state index in [-0.39, 0.29) is 4.90 Å². The van der Waals surface area contributed by atoms with Crippen molar-refractivity contribution in [1.82, 2.24) is 0 Å². The first-order valence-corrected chi connectivity index (χ1v) is 12.5. The molecule has 2 rings (SSSR count). The van der Waals surface area contributed by atoms with E-state index in [0.717, 1.165) is 5.56 Å². The molecule has 0 amide bonds. The van der Waals surface area contributed by atoms with Crippen LogP contribution in [0, 0.1) is 0 Å². The topological polar surface area (TPSA) is 127 Å². The molecule has 0 radical (unpaired) electrons. The fraction of sp³-hybridized carbons (Fsp3) is 0.200. The zero-order chi connectivity index (χ0) is 19.4. The average Bonchev–Trinajstić information content (AvgIpc) is 2.53. The summed E-state index contributed by atoms with van der Waals surface area (Å²) in [6.45, 7) is 0.0384. The van der Waals surface area contributed by atoms with Crippen LogP contribution in [0.4, 0.5) is 0 Å². The second-order valence-corrected chi connectivity index (χ2v) is 11.0. The summed E-state index contributed by atoms with van der Waals surface area (Å²) in [7, 11) is -12.9. The molecule has 11 heteroatoms. The maximum atomic E-state index is 12.4. The smallest absolute Gasteiger partial charge is 0.324 e. The van der Waals surface area contributed by atoms with E-state index in [9.17, 15) is 22.4 Å². The Balaban J connectivity index is 2.09.